The molecular formula is C74H73ClF3N19O7. The summed E-state index contributed by atoms with van der Waals surface area (Å²) in [6.07, 6.45) is 15.5. The van der Waals surface area contributed by atoms with Gasteiger partial charge in [-0.15, -0.1) is 0 Å². The van der Waals surface area contributed by atoms with Crippen LogP contribution in [-0.2, 0) is 13.0 Å². The molecule has 15 rings (SSSR count). The number of ether oxygens (including phenoxy) is 7. The van der Waals surface area contributed by atoms with Gasteiger partial charge in [0.2, 0.25) is 17.8 Å². The van der Waals surface area contributed by atoms with Crippen LogP contribution >= 0.6 is 11.6 Å². The molecule has 12 aromatic rings. The van der Waals surface area contributed by atoms with Gasteiger partial charge in [-0.3, -0.25) is 0 Å². The Kier molecular flexibility index (Phi) is 22.1. The molecule has 3 aliphatic heterocycles. The van der Waals surface area contributed by atoms with Crippen LogP contribution in [0.3, 0.4) is 0 Å². The maximum absolute atomic E-state index is 13.5. The highest BCUT2D eigenvalue weighted by Gasteiger charge is 2.27. The molecule has 3 aliphatic rings. The van der Waals surface area contributed by atoms with Gasteiger partial charge in [0.05, 0.1) is 89.7 Å². The third kappa shape index (κ3) is 16.4. The quantitative estimate of drug-likeness (QED) is 0.0790. The zero-order valence-electron chi connectivity index (χ0n) is 57.8. The number of anilines is 8. The number of nitrogens with one attached hydrogen (secondary N) is 1. The first-order valence-electron chi connectivity index (χ1n) is 33.2. The summed E-state index contributed by atoms with van der Waals surface area (Å²) in [6, 6.07) is 29.0. The van der Waals surface area contributed by atoms with Crippen molar-refractivity contribution in [2.75, 3.05) is 156 Å². The molecule has 9 heterocycles. The SMILES string of the molecule is COc1cc2ncnc(N3CCN(c4ncc(Cc5ccc(F)c(F)c5)cn4)CC3)c2cc1OC.COc1cc2ncnc(N3CCN(c4ncc(Nc5ccc(Cl)cc5)cn4)CC3)c2cc1OC.COc1cc2ncnc(N3CCN(c4ncc(OCc5ccc(F)cc5)cn4)CC3)c2cc1OC. The van der Waals surface area contributed by atoms with E-state index in [9.17, 15) is 13.2 Å². The van der Waals surface area contributed by atoms with Crippen LogP contribution in [0.4, 0.5) is 59.8 Å². The summed E-state index contributed by atoms with van der Waals surface area (Å²) in [6.45, 7) is 9.38. The summed E-state index contributed by atoms with van der Waals surface area (Å²) in [5.41, 5.74) is 6.53. The fraction of sp³-hybridized carbons (Fsp3) is 0.270. The molecule has 0 bridgehead atoms. The fourth-order valence-electron chi connectivity index (χ4n) is 12.3. The average Bonchev–Trinajstić information content (AvgIpc) is 0.792. The van der Waals surface area contributed by atoms with Crippen LogP contribution in [0, 0.1) is 17.5 Å². The maximum Gasteiger partial charge on any atom is 0.225 e. The second-order valence-corrected chi connectivity index (χ2v) is 24.5. The Hall–Kier alpha value is -12.1. The number of benzene rings is 6. The van der Waals surface area contributed by atoms with E-state index in [0.29, 0.717) is 81.7 Å². The van der Waals surface area contributed by atoms with E-state index >= 15 is 0 Å². The van der Waals surface area contributed by atoms with Crippen LogP contribution in [0.5, 0.6) is 40.2 Å². The van der Waals surface area contributed by atoms with Crippen LogP contribution in [-0.4, -0.2) is 181 Å². The third-order valence-electron chi connectivity index (χ3n) is 17.7. The number of halogens is 4. The van der Waals surface area contributed by atoms with Gasteiger partial charge in [0.25, 0.3) is 0 Å². The Morgan fingerprint density at radius 1 is 0.356 bits per heavy atom. The first-order chi connectivity index (χ1) is 50.8. The van der Waals surface area contributed by atoms with Gasteiger partial charge >= 0.3 is 0 Å². The van der Waals surface area contributed by atoms with Gasteiger partial charge in [-0.25, -0.2) is 73.0 Å². The van der Waals surface area contributed by atoms with E-state index < -0.39 is 11.6 Å². The lowest BCUT2D eigenvalue weighted by molar-refractivity contribution is 0.303. The molecule has 30 heteroatoms. The van der Waals surface area contributed by atoms with Gasteiger partial charge in [-0.1, -0.05) is 29.8 Å². The molecular weight excluding hydrogens is 1360 g/mol. The van der Waals surface area contributed by atoms with Gasteiger partial charge < -0.3 is 67.9 Å². The molecule has 6 aromatic heterocycles. The highest BCUT2D eigenvalue weighted by atomic mass is 35.5. The summed E-state index contributed by atoms with van der Waals surface area (Å²) < 4.78 is 78.0. The van der Waals surface area contributed by atoms with Gasteiger partial charge in [0.1, 0.15) is 48.9 Å². The summed E-state index contributed by atoms with van der Waals surface area (Å²) in [5, 5.41) is 6.73. The molecule has 6 aromatic carbocycles. The van der Waals surface area contributed by atoms with Gasteiger partial charge in [-0.2, -0.15) is 0 Å². The minimum atomic E-state index is -0.855. The Labute approximate surface area is 602 Å². The van der Waals surface area contributed by atoms with E-state index in [-0.39, 0.29) is 5.82 Å². The second kappa shape index (κ2) is 32.7. The molecule has 3 fully saturated rings. The van der Waals surface area contributed by atoms with E-state index in [1.54, 1.807) is 117 Å². The van der Waals surface area contributed by atoms with Crippen LogP contribution in [0.25, 0.3) is 32.7 Å². The van der Waals surface area contributed by atoms with Crippen LogP contribution in [0.1, 0.15) is 16.7 Å². The van der Waals surface area contributed by atoms with Crippen molar-refractivity contribution in [2.24, 2.45) is 0 Å². The highest BCUT2D eigenvalue weighted by molar-refractivity contribution is 6.30. The predicted molar refractivity (Wildman–Crippen MR) is 392 cm³/mol. The van der Waals surface area contributed by atoms with E-state index in [1.165, 1.54) is 18.2 Å². The van der Waals surface area contributed by atoms with Crippen molar-refractivity contribution in [1.82, 2.24) is 59.8 Å². The van der Waals surface area contributed by atoms with Crippen molar-refractivity contribution in [3.05, 3.63) is 198 Å². The largest absolute Gasteiger partial charge is 0.493 e. The minimum Gasteiger partial charge on any atom is -0.493 e. The normalized spacial score (nSPS) is 13.8. The predicted octanol–water partition coefficient (Wildman–Crippen LogP) is 11.3. The number of aromatic nitrogens is 12. The first-order valence-corrected chi connectivity index (χ1v) is 33.6. The molecule has 0 unspecified atom stereocenters. The standard InChI is InChI=1S/C25H24F2N6O2.C25H25FN6O3.C24H24ClN7O2/c1-34-22-11-18-21(12-23(22)35-2)30-15-31-24(18)32-5-7-33(8-6-32)25-28-13-17(14-29-25)9-16-3-4-19(26)20(27)10-16;1-33-22-11-20-21(12-23(22)34-2)29-16-30-24(20)31-7-9-32(10-8-31)25-27-13-19(14-28-25)35-15-17-3-5-18(26)6-4-17;1-33-21-11-19-20(12-22(21)34-2)28-15-29-23(19)31-7-9-32(10-8-31)24-26-13-18(14-27-24)30-17-5-3-16(25)4-6-17/h3-4,10-15H,5-9H2,1-2H3;3-6,11-14,16H,7-10,15H2,1-2H3;3-6,11-15,30H,7-10H2,1-2H3. The highest BCUT2D eigenvalue weighted by Crippen LogP contribution is 2.39. The maximum atomic E-state index is 13.5. The minimum absolute atomic E-state index is 0.269. The molecule has 0 aliphatic carbocycles. The van der Waals surface area contributed by atoms with Gasteiger partial charge in [0, 0.05) is 142 Å². The number of nitrogens with zero attached hydrogens (tertiary/aromatic N) is 18. The first kappa shape index (κ1) is 70.3. The molecule has 0 amide bonds. The van der Waals surface area contributed by atoms with Crippen molar-refractivity contribution in [1.29, 1.82) is 0 Å². The third-order valence-corrected chi connectivity index (χ3v) is 18.0. The molecule has 1 N–H and O–H groups in total. The molecule has 0 radical (unpaired) electrons. The Bertz CT molecular complexity index is 4890. The molecule has 3 saturated heterocycles. The van der Waals surface area contributed by atoms with Crippen LogP contribution in [0.2, 0.25) is 5.02 Å². The molecule has 104 heavy (non-hydrogen) atoms. The number of methoxy groups -OCH3 is 6. The summed E-state index contributed by atoms with van der Waals surface area (Å²) in [4.78, 5) is 67.0. The second-order valence-electron chi connectivity index (χ2n) is 24.0. The Morgan fingerprint density at radius 2 is 0.721 bits per heavy atom. The van der Waals surface area contributed by atoms with E-state index in [2.05, 4.69) is 94.5 Å². The smallest absolute Gasteiger partial charge is 0.225 e. The molecule has 26 nitrogen and oxygen atoms in total. The van der Waals surface area contributed by atoms with Crippen molar-refractivity contribution in [3.63, 3.8) is 0 Å². The lowest BCUT2D eigenvalue weighted by atomic mass is 10.1. The molecule has 0 atom stereocenters. The Balaban J connectivity index is 0.000000139. The van der Waals surface area contributed by atoms with Gasteiger partial charge in [0.15, 0.2) is 51.9 Å². The number of hydrogen-bond acceptors (Lipinski definition) is 26. The zero-order valence-corrected chi connectivity index (χ0v) is 58.6. The summed E-state index contributed by atoms with van der Waals surface area (Å²) >= 11 is 5.95. The van der Waals surface area contributed by atoms with Crippen molar-refractivity contribution < 1.29 is 46.3 Å². The molecule has 534 valence electrons. The molecule has 0 saturated carbocycles. The zero-order chi connectivity index (χ0) is 72.1. The van der Waals surface area contributed by atoms with Crippen molar-refractivity contribution in [3.8, 4) is 40.2 Å². The van der Waals surface area contributed by atoms with E-state index in [4.69, 9.17) is 44.8 Å². The van der Waals surface area contributed by atoms with Crippen LogP contribution in [0.15, 0.2) is 159 Å². The summed E-state index contributed by atoms with van der Waals surface area (Å²) in [7, 11) is 9.68. The lowest BCUT2D eigenvalue weighted by Crippen LogP contribution is -2.47. The average molecular weight is 1430 g/mol. The lowest BCUT2D eigenvalue weighted by Gasteiger charge is -2.35. The van der Waals surface area contributed by atoms with Crippen LogP contribution < -0.4 is 67.9 Å². The van der Waals surface area contributed by atoms with E-state index in [0.717, 1.165) is 157 Å². The number of rotatable bonds is 19. The summed E-state index contributed by atoms with van der Waals surface area (Å²) in [5.74, 6) is 7.01. The topological polar surface area (TPSA) is 251 Å². The van der Waals surface area contributed by atoms with Crippen molar-refractivity contribution in [2.45, 2.75) is 13.0 Å². The molecule has 0 spiro atoms. The Morgan fingerprint density at radius 3 is 1.12 bits per heavy atom. The fourth-order valence-corrected chi connectivity index (χ4v) is 12.4. The van der Waals surface area contributed by atoms with Gasteiger partial charge in [-0.05, 0) is 83.4 Å². The number of piperazine rings is 3. The van der Waals surface area contributed by atoms with E-state index in [1.807, 2.05) is 60.7 Å². The number of hydrogen-bond donors (Lipinski definition) is 1. The monoisotopic (exact) mass is 1430 g/mol. The number of fused-ring (bicyclic) bond motifs is 3. The van der Waals surface area contributed by atoms with Crippen molar-refractivity contribution >= 4 is 91.0 Å².